The Labute approximate surface area is 145 Å². The number of carbonyl (C=O) groups excluding carboxylic acids is 1. The molecule has 0 saturated heterocycles. The fraction of sp³-hybridized carbons (Fsp3) is 0.650. The maximum atomic E-state index is 11.8. The second-order valence-corrected chi connectivity index (χ2v) is 6.75. The average Bonchev–Trinajstić information content (AvgIpc) is 2.71. The number of hydrogen-bond acceptors (Lipinski definition) is 4. The first-order valence-electron chi connectivity index (χ1n) is 8.42. The van der Waals surface area contributed by atoms with Crippen molar-refractivity contribution in [3.8, 4) is 0 Å². The van der Waals surface area contributed by atoms with Crippen molar-refractivity contribution in [2.75, 3.05) is 14.2 Å². The molecule has 3 unspecified atom stereocenters. The predicted octanol–water partition coefficient (Wildman–Crippen LogP) is 3.99. The van der Waals surface area contributed by atoms with E-state index in [-0.39, 0.29) is 18.8 Å². The fourth-order valence-electron chi connectivity index (χ4n) is 4.34. The number of methoxy groups -OCH3 is 1. The molecule has 0 aliphatic heterocycles. The summed E-state index contributed by atoms with van der Waals surface area (Å²) in [5, 5.41) is 17.5. The number of rotatable bonds is 1. The molecule has 0 spiro atoms. The molecule has 0 radical (unpaired) electrons. The van der Waals surface area contributed by atoms with Crippen LogP contribution in [0.1, 0.15) is 80.5 Å². The molecule has 4 heteroatoms. The van der Waals surface area contributed by atoms with Crippen molar-refractivity contribution < 1.29 is 19.7 Å². The molecule has 1 aromatic carbocycles. The van der Waals surface area contributed by atoms with E-state index in [9.17, 15) is 9.90 Å². The minimum absolute atomic E-state index is 0. The van der Waals surface area contributed by atoms with Crippen molar-refractivity contribution in [2.45, 2.75) is 64.4 Å². The second-order valence-electron chi connectivity index (χ2n) is 6.75. The van der Waals surface area contributed by atoms with Gasteiger partial charge in [-0.15, -0.1) is 0 Å². The Hall–Kier alpha value is -1.39. The fourth-order valence-corrected chi connectivity index (χ4v) is 4.34. The molecule has 0 aromatic heterocycles. The number of aliphatic hydroxyl groups is 2. The van der Waals surface area contributed by atoms with Gasteiger partial charge < -0.3 is 14.9 Å². The van der Waals surface area contributed by atoms with Crippen LogP contribution in [0.3, 0.4) is 0 Å². The Balaban J connectivity index is 0.000000925. The summed E-state index contributed by atoms with van der Waals surface area (Å²) in [6.07, 6.45) is 6.37. The van der Waals surface area contributed by atoms with Crippen LogP contribution in [0.2, 0.25) is 0 Å². The Morgan fingerprint density at radius 3 is 2.58 bits per heavy atom. The standard InChI is InChI=1S/C18H24O3.CH4O.CH4/c1-18-10-4-3-5-13(18)7-9-16(19)14-11-12(17(20)21-2)6-8-15(14)18;1-2;/h6,8,11,13,16,19H,3-5,7,9-10H2,1-2H3;2H,1H3;1H4. The van der Waals surface area contributed by atoms with Crippen molar-refractivity contribution in [3.05, 3.63) is 34.9 Å². The van der Waals surface area contributed by atoms with Crippen LogP contribution in [0.25, 0.3) is 0 Å². The summed E-state index contributed by atoms with van der Waals surface area (Å²) in [5.41, 5.74) is 2.85. The molecular weight excluding hydrogens is 304 g/mol. The van der Waals surface area contributed by atoms with Gasteiger partial charge in [-0.3, -0.25) is 0 Å². The third kappa shape index (κ3) is 3.65. The Bertz CT molecular complexity index is 555. The maximum absolute atomic E-state index is 11.8. The first kappa shape index (κ1) is 20.7. The lowest BCUT2D eigenvalue weighted by atomic mass is 9.63. The van der Waals surface area contributed by atoms with Crippen LogP contribution in [0.4, 0.5) is 0 Å². The zero-order chi connectivity index (χ0) is 17.0. The topological polar surface area (TPSA) is 66.8 Å². The SMILES string of the molecule is C.CO.COC(=O)c1ccc2c(c1)C(O)CCC1CCCCC21C. The summed E-state index contributed by atoms with van der Waals surface area (Å²) in [7, 11) is 2.39. The van der Waals surface area contributed by atoms with Crippen molar-refractivity contribution in [2.24, 2.45) is 5.92 Å². The van der Waals surface area contributed by atoms with Gasteiger partial charge in [0.15, 0.2) is 0 Å². The molecule has 0 bridgehead atoms. The van der Waals surface area contributed by atoms with E-state index in [4.69, 9.17) is 9.84 Å². The Morgan fingerprint density at radius 1 is 1.21 bits per heavy atom. The van der Waals surface area contributed by atoms with Gasteiger partial charge in [0.05, 0.1) is 18.8 Å². The summed E-state index contributed by atoms with van der Waals surface area (Å²) in [4.78, 5) is 11.8. The van der Waals surface area contributed by atoms with Gasteiger partial charge in [-0.25, -0.2) is 4.79 Å². The predicted molar refractivity (Wildman–Crippen MR) is 96.2 cm³/mol. The van der Waals surface area contributed by atoms with Crippen LogP contribution >= 0.6 is 0 Å². The molecule has 1 fully saturated rings. The average molecular weight is 336 g/mol. The normalized spacial score (nSPS) is 28.0. The van der Waals surface area contributed by atoms with E-state index >= 15 is 0 Å². The third-order valence-corrected chi connectivity index (χ3v) is 5.64. The van der Waals surface area contributed by atoms with Gasteiger partial charge in [-0.1, -0.05) is 33.3 Å². The summed E-state index contributed by atoms with van der Waals surface area (Å²) < 4.78 is 4.80. The molecule has 0 heterocycles. The lowest BCUT2D eigenvalue weighted by Crippen LogP contribution is -2.35. The van der Waals surface area contributed by atoms with Gasteiger partial charge in [0.1, 0.15) is 0 Å². The lowest BCUT2D eigenvalue weighted by molar-refractivity contribution is 0.0600. The first-order valence-corrected chi connectivity index (χ1v) is 8.42. The van der Waals surface area contributed by atoms with Crippen molar-refractivity contribution in [3.63, 3.8) is 0 Å². The number of hydrogen-bond donors (Lipinski definition) is 2. The monoisotopic (exact) mass is 336 g/mol. The Kier molecular flexibility index (Phi) is 7.43. The number of carbonyl (C=O) groups is 1. The van der Waals surface area contributed by atoms with Crippen LogP contribution in [-0.4, -0.2) is 30.4 Å². The first-order chi connectivity index (χ1) is 11.1. The van der Waals surface area contributed by atoms with E-state index in [0.29, 0.717) is 11.5 Å². The Morgan fingerprint density at radius 2 is 1.92 bits per heavy atom. The highest BCUT2D eigenvalue weighted by atomic mass is 16.5. The molecule has 2 aliphatic carbocycles. The molecule has 1 saturated carbocycles. The van der Waals surface area contributed by atoms with Crippen molar-refractivity contribution in [1.82, 2.24) is 0 Å². The highest BCUT2D eigenvalue weighted by Crippen LogP contribution is 2.50. The number of ether oxygens (including phenoxy) is 1. The third-order valence-electron chi connectivity index (χ3n) is 5.64. The molecule has 24 heavy (non-hydrogen) atoms. The van der Waals surface area contributed by atoms with Gasteiger partial charge in [0, 0.05) is 7.11 Å². The number of esters is 1. The van der Waals surface area contributed by atoms with Crippen LogP contribution in [0, 0.1) is 5.92 Å². The molecule has 3 rings (SSSR count). The highest BCUT2D eigenvalue weighted by Gasteiger charge is 2.42. The molecule has 2 N–H and O–H groups in total. The maximum Gasteiger partial charge on any atom is 0.337 e. The van der Waals surface area contributed by atoms with E-state index in [0.717, 1.165) is 25.5 Å². The van der Waals surface area contributed by atoms with Gasteiger partial charge in [0.2, 0.25) is 0 Å². The summed E-state index contributed by atoms with van der Waals surface area (Å²) in [6.45, 7) is 2.34. The molecular formula is C20H32O4. The minimum Gasteiger partial charge on any atom is -0.465 e. The van der Waals surface area contributed by atoms with Crippen LogP contribution in [-0.2, 0) is 10.2 Å². The van der Waals surface area contributed by atoms with Crippen LogP contribution in [0.5, 0.6) is 0 Å². The molecule has 2 aliphatic rings. The molecule has 136 valence electrons. The smallest absolute Gasteiger partial charge is 0.337 e. The van der Waals surface area contributed by atoms with Crippen LogP contribution < -0.4 is 0 Å². The number of fused-ring (bicyclic) bond motifs is 3. The highest BCUT2D eigenvalue weighted by molar-refractivity contribution is 5.89. The van der Waals surface area contributed by atoms with E-state index in [1.54, 1.807) is 0 Å². The second kappa shape index (κ2) is 8.63. The van der Waals surface area contributed by atoms with E-state index in [1.807, 2.05) is 12.1 Å². The largest absolute Gasteiger partial charge is 0.465 e. The van der Waals surface area contributed by atoms with Crippen molar-refractivity contribution in [1.29, 1.82) is 0 Å². The minimum atomic E-state index is -0.466. The van der Waals surface area contributed by atoms with Gasteiger partial charge in [0.25, 0.3) is 0 Å². The van der Waals surface area contributed by atoms with Gasteiger partial charge in [-0.05, 0) is 60.3 Å². The molecule has 1 aromatic rings. The summed E-state index contributed by atoms with van der Waals surface area (Å²) >= 11 is 0. The molecule has 4 nitrogen and oxygen atoms in total. The number of benzene rings is 1. The molecule has 0 amide bonds. The zero-order valence-electron chi connectivity index (χ0n) is 14.3. The lowest BCUT2D eigenvalue weighted by Gasteiger charge is -2.42. The van der Waals surface area contributed by atoms with E-state index in [1.165, 1.54) is 38.4 Å². The molecule has 3 atom stereocenters. The summed E-state index contributed by atoms with van der Waals surface area (Å²) in [5.74, 6) is 0.311. The van der Waals surface area contributed by atoms with Crippen LogP contribution in [0.15, 0.2) is 18.2 Å². The quantitative estimate of drug-likeness (QED) is 0.761. The van der Waals surface area contributed by atoms with Crippen molar-refractivity contribution >= 4 is 5.97 Å². The zero-order valence-corrected chi connectivity index (χ0v) is 14.3. The van der Waals surface area contributed by atoms with E-state index in [2.05, 4.69) is 13.0 Å². The summed E-state index contributed by atoms with van der Waals surface area (Å²) in [6, 6.07) is 5.74. The number of aliphatic hydroxyl groups excluding tert-OH is 2. The van der Waals surface area contributed by atoms with E-state index < -0.39 is 6.10 Å². The van der Waals surface area contributed by atoms with Gasteiger partial charge in [-0.2, -0.15) is 0 Å². The van der Waals surface area contributed by atoms with Gasteiger partial charge >= 0.3 is 5.97 Å².